The van der Waals surface area contributed by atoms with Gasteiger partial charge in [-0.15, -0.1) is 0 Å². The maximum absolute atomic E-state index is 4.84. The lowest BCUT2D eigenvalue weighted by Gasteiger charge is -2.34. The van der Waals surface area contributed by atoms with E-state index in [2.05, 4.69) is 46.3 Å². The first-order valence-corrected chi connectivity index (χ1v) is 8.34. The molecule has 1 aliphatic carbocycles. The summed E-state index contributed by atoms with van der Waals surface area (Å²) in [5.41, 5.74) is 1.04. The van der Waals surface area contributed by atoms with Gasteiger partial charge in [0.15, 0.2) is 0 Å². The van der Waals surface area contributed by atoms with Crippen LogP contribution in [0.3, 0.4) is 0 Å². The van der Waals surface area contributed by atoms with Crippen LogP contribution in [0.5, 0.6) is 0 Å². The smallest absolute Gasteiger partial charge is 0.227 e. The van der Waals surface area contributed by atoms with Gasteiger partial charge in [-0.25, -0.2) is 4.98 Å². The number of hydrogen-bond donors (Lipinski definition) is 1. The van der Waals surface area contributed by atoms with Crippen molar-refractivity contribution in [2.75, 3.05) is 42.9 Å². The Kier molecular flexibility index (Phi) is 3.58. The van der Waals surface area contributed by atoms with Crippen molar-refractivity contribution in [3.05, 3.63) is 24.3 Å². The third kappa shape index (κ3) is 2.73. The Morgan fingerprint density at radius 3 is 2.59 bits per heavy atom. The van der Waals surface area contributed by atoms with Crippen molar-refractivity contribution in [1.82, 2.24) is 14.9 Å². The average Bonchev–Trinajstić information content (AvgIpc) is 3.39. The predicted octanol–water partition coefficient (Wildman–Crippen LogP) is 2.35. The Morgan fingerprint density at radius 2 is 1.86 bits per heavy atom. The van der Waals surface area contributed by atoms with Crippen molar-refractivity contribution in [2.24, 2.45) is 0 Å². The number of nitrogens with zero attached hydrogens (tertiary/aromatic N) is 4. The zero-order chi connectivity index (χ0) is 14.9. The molecule has 1 saturated heterocycles. The highest BCUT2D eigenvalue weighted by atomic mass is 15.3. The number of likely N-dealkylation sites (N-methyl/N-ethyl adjacent to an activating group) is 1. The highest BCUT2D eigenvalue weighted by molar-refractivity contribution is 5.90. The second-order valence-corrected chi connectivity index (χ2v) is 6.23. The van der Waals surface area contributed by atoms with Gasteiger partial charge in [0.05, 0.1) is 5.52 Å². The van der Waals surface area contributed by atoms with Crippen molar-refractivity contribution >= 4 is 22.7 Å². The summed E-state index contributed by atoms with van der Waals surface area (Å²) in [7, 11) is 0. The fraction of sp³-hybridized carbons (Fsp3) is 0.529. The van der Waals surface area contributed by atoms with Gasteiger partial charge in [0.1, 0.15) is 5.82 Å². The van der Waals surface area contributed by atoms with Gasteiger partial charge in [0, 0.05) is 37.6 Å². The second-order valence-electron chi connectivity index (χ2n) is 6.23. The van der Waals surface area contributed by atoms with E-state index >= 15 is 0 Å². The van der Waals surface area contributed by atoms with E-state index in [0.717, 1.165) is 55.4 Å². The maximum Gasteiger partial charge on any atom is 0.227 e. The molecule has 1 N–H and O–H groups in total. The molecule has 5 heteroatoms. The van der Waals surface area contributed by atoms with Gasteiger partial charge < -0.3 is 15.1 Å². The lowest BCUT2D eigenvalue weighted by atomic mass is 10.2. The van der Waals surface area contributed by atoms with Crippen LogP contribution in [0.15, 0.2) is 24.3 Å². The third-order valence-corrected chi connectivity index (χ3v) is 4.61. The van der Waals surface area contributed by atoms with Gasteiger partial charge in [-0.2, -0.15) is 4.98 Å². The van der Waals surface area contributed by atoms with Gasteiger partial charge in [0.25, 0.3) is 0 Å². The van der Waals surface area contributed by atoms with Crippen LogP contribution in [0.25, 0.3) is 10.9 Å². The molecule has 116 valence electrons. The Labute approximate surface area is 131 Å². The molecule has 2 fully saturated rings. The molecular formula is C17H23N5. The van der Waals surface area contributed by atoms with Crippen LogP contribution in [-0.2, 0) is 0 Å². The molecule has 22 heavy (non-hydrogen) atoms. The highest BCUT2D eigenvalue weighted by Gasteiger charge is 2.24. The van der Waals surface area contributed by atoms with E-state index < -0.39 is 0 Å². The molecule has 0 bridgehead atoms. The number of piperazine rings is 1. The minimum atomic E-state index is 0.600. The minimum absolute atomic E-state index is 0.600. The number of aromatic nitrogens is 2. The van der Waals surface area contributed by atoms with E-state index in [1.165, 1.54) is 12.8 Å². The number of fused-ring (bicyclic) bond motifs is 1. The summed E-state index contributed by atoms with van der Waals surface area (Å²) in [6.45, 7) is 7.56. The van der Waals surface area contributed by atoms with E-state index in [4.69, 9.17) is 9.97 Å². The standard InChI is InChI=1S/C17H23N5/c1-2-21-9-11-22(12-10-21)17-19-15-6-4-3-5-14(15)16(20-17)18-13-7-8-13/h3-6,13H,2,7-12H2,1H3,(H,18,19,20). The molecule has 1 aromatic carbocycles. The van der Waals surface area contributed by atoms with Crippen LogP contribution in [0.4, 0.5) is 11.8 Å². The number of nitrogens with one attached hydrogen (secondary N) is 1. The summed E-state index contributed by atoms with van der Waals surface area (Å²) in [5, 5.41) is 4.70. The molecule has 0 amide bonds. The topological polar surface area (TPSA) is 44.3 Å². The quantitative estimate of drug-likeness (QED) is 0.938. The first-order valence-electron chi connectivity index (χ1n) is 8.34. The summed E-state index contributed by atoms with van der Waals surface area (Å²) in [5.74, 6) is 1.87. The largest absolute Gasteiger partial charge is 0.367 e. The van der Waals surface area contributed by atoms with Gasteiger partial charge in [-0.05, 0) is 31.5 Å². The highest BCUT2D eigenvalue weighted by Crippen LogP contribution is 2.29. The first kappa shape index (κ1) is 13.8. The molecule has 5 nitrogen and oxygen atoms in total. The Bertz CT molecular complexity index is 659. The van der Waals surface area contributed by atoms with Gasteiger partial charge in [0.2, 0.25) is 5.95 Å². The third-order valence-electron chi connectivity index (χ3n) is 4.61. The molecule has 1 aromatic heterocycles. The summed E-state index contributed by atoms with van der Waals surface area (Å²) < 4.78 is 0. The van der Waals surface area contributed by atoms with Crippen molar-refractivity contribution < 1.29 is 0 Å². The molecule has 2 aromatic rings. The first-order chi connectivity index (χ1) is 10.8. The van der Waals surface area contributed by atoms with Crippen LogP contribution < -0.4 is 10.2 Å². The van der Waals surface area contributed by atoms with Crippen LogP contribution in [-0.4, -0.2) is 53.6 Å². The lowest BCUT2D eigenvalue weighted by molar-refractivity contribution is 0.270. The number of para-hydroxylation sites is 1. The number of benzene rings is 1. The maximum atomic E-state index is 4.84. The second kappa shape index (κ2) is 5.72. The molecule has 1 saturated carbocycles. The van der Waals surface area contributed by atoms with E-state index in [9.17, 15) is 0 Å². The predicted molar refractivity (Wildman–Crippen MR) is 90.5 cm³/mol. The van der Waals surface area contributed by atoms with Crippen molar-refractivity contribution in [3.8, 4) is 0 Å². The fourth-order valence-corrected chi connectivity index (χ4v) is 3.00. The normalized spacial score (nSPS) is 19.6. The van der Waals surface area contributed by atoms with Crippen LogP contribution in [0.1, 0.15) is 19.8 Å². The molecule has 0 unspecified atom stereocenters. The van der Waals surface area contributed by atoms with Crippen molar-refractivity contribution in [3.63, 3.8) is 0 Å². The van der Waals surface area contributed by atoms with E-state index in [1.807, 2.05) is 0 Å². The average molecular weight is 297 g/mol. The van der Waals surface area contributed by atoms with Gasteiger partial charge >= 0.3 is 0 Å². The van der Waals surface area contributed by atoms with Crippen LogP contribution >= 0.6 is 0 Å². The lowest BCUT2D eigenvalue weighted by Crippen LogP contribution is -2.46. The van der Waals surface area contributed by atoms with E-state index in [1.54, 1.807) is 0 Å². The SMILES string of the molecule is CCN1CCN(c2nc(NC3CC3)c3ccccc3n2)CC1. The Balaban J connectivity index is 1.65. The van der Waals surface area contributed by atoms with Crippen LogP contribution in [0, 0.1) is 0 Å². The molecule has 2 heterocycles. The summed E-state index contributed by atoms with van der Waals surface area (Å²) >= 11 is 0. The number of rotatable bonds is 4. The molecule has 0 spiro atoms. The molecular weight excluding hydrogens is 274 g/mol. The van der Waals surface area contributed by atoms with E-state index in [0.29, 0.717) is 6.04 Å². The summed E-state index contributed by atoms with van der Waals surface area (Å²) in [4.78, 5) is 14.4. The minimum Gasteiger partial charge on any atom is -0.367 e. The van der Waals surface area contributed by atoms with Crippen molar-refractivity contribution in [1.29, 1.82) is 0 Å². The van der Waals surface area contributed by atoms with Gasteiger partial charge in [-0.3, -0.25) is 0 Å². The van der Waals surface area contributed by atoms with Crippen LogP contribution in [0.2, 0.25) is 0 Å². The molecule has 0 radical (unpaired) electrons. The summed E-state index contributed by atoms with van der Waals surface area (Å²) in [6, 6.07) is 8.90. The molecule has 0 atom stereocenters. The Hall–Kier alpha value is -1.88. The van der Waals surface area contributed by atoms with Crippen molar-refractivity contribution in [2.45, 2.75) is 25.8 Å². The number of anilines is 2. The fourth-order valence-electron chi connectivity index (χ4n) is 3.00. The molecule has 2 aliphatic rings. The zero-order valence-electron chi connectivity index (χ0n) is 13.1. The Morgan fingerprint density at radius 1 is 1.09 bits per heavy atom. The summed E-state index contributed by atoms with van der Waals surface area (Å²) in [6.07, 6.45) is 2.51. The van der Waals surface area contributed by atoms with E-state index in [-0.39, 0.29) is 0 Å². The number of hydrogen-bond acceptors (Lipinski definition) is 5. The molecule has 1 aliphatic heterocycles. The zero-order valence-corrected chi connectivity index (χ0v) is 13.1. The monoisotopic (exact) mass is 297 g/mol. The van der Waals surface area contributed by atoms with Gasteiger partial charge in [-0.1, -0.05) is 19.1 Å². The molecule has 4 rings (SSSR count).